The summed E-state index contributed by atoms with van der Waals surface area (Å²) in [6.45, 7) is 0.273. The molecule has 206 valence electrons. The van der Waals surface area contributed by atoms with Gasteiger partial charge in [-0.3, -0.25) is 19.4 Å². The van der Waals surface area contributed by atoms with Gasteiger partial charge in [0.05, 0.1) is 44.2 Å². The zero-order valence-electron chi connectivity index (χ0n) is 21.9. The van der Waals surface area contributed by atoms with Crippen molar-refractivity contribution in [2.75, 3.05) is 25.3 Å². The number of nitrogens with one attached hydrogen (secondary N) is 2. The molecule has 2 aliphatic heterocycles. The van der Waals surface area contributed by atoms with Crippen molar-refractivity contribution in [3.63, 3.8) is 0 Å². The molecule has 1 aromatic heterocycles. The van der Waals surface area contributed by atoms with Crippen molar-refractivity contribution in [2.45, 2.75) is 25.4 Å². The van der Waals surface area contributed by atoms with Gasteiger partial charge in [-0.15, -0.1) is 0 Å². The van der Waals surface area contributed by atoms with Crippen molar-refractivity contribution in [1.82, 2.24) is 10.2 Å². The number of aliphatic imine (C=N–C) groups is 2. The highest BCUT2D eigenvalue weighted by molar-refractivity contribution is 8.14. The van der Waals surface area contributed by atoms with Gasteiger partial charge in [0, 0.05) is 18.1 Å². The monoisotopic (exact) mass is 561 g/mol. The number of anilines is 1. The number of ether oxygens (including phenoxy) is 2. The molecule has 3 aromatic rings. The molecule has 40 heavy (non-hydrogen) atoms. The van der Waals surface area contributed by atoms with Gasteiger partial charge in [0.25, 0.3) is 5.91 Å². The van der Waals surface area contributed by atoms with E-state index in [0.717, 1.165) is 17.3 Å². The van der Waals surface area contributed by atoms with E-state index in [-0.39, 0.29) is 42.9 Å². The number of furan rings is 1. The number of nitrogens with zero attached hydrogens (tertiary/aromatic N) is 3. The predicted octanol–water partition coefficient (Wildman–Crippen LogP) is 3.72. The van der Waals surface area contributed by atoms with E-state index in [4.69, 9.17) is 13.9 Å². The molecule has 0 fully saturated rings. The second kappa shape index (κ2) is 12.1. The summed E-state index contributed by atoms with van der Waals surface area (Å²) >= 11 is 1.13. The Morgan fingerprint density at radius 2 is 1.93 bits per heavy atom. The van der Waals surface area contributed by atoms with Crippen LogP contribution >= 0.6 is 11.8 Å². The first-order chi connectivity index (χ1) is 19.5. The van der Waals surface area contributed by atoms with Crippen LogP contribution in [0.3, 0.4) is 0 Å². The van der Waals surface area contributed by atoms with Crippen molar-refractivity contribution >= 4 is 51.9 Å². The number of hydrogen-bond acceptors (Lipinski definition) is 9. The SMILES string of the molecule is COc1ccc(OC)c(NC(=O)CSC2=Nc3ccccc3C3=N[C@@H](CCC(=O)NCc4ccco4)C(=O)N23)c1. The van der Waals surface area contributed by atoms with Crippen LogP contribution in [-0.4, -0.2) is 59.6 Å². The second-order valence-corrected chi connectivity index (χ2v) is 9.79. The maximum Gasteiger partial charge on any atom is 0.259 e. The van der Waals surface area contributed by atoms with Crippen LogP contribution in [0.15, 0.2) is 75.3 Å². The number of amidine groups is 2. The zero-order valence-corrected chi connectivity index (χ0v) is 22.7. The Balaban J connectivity index is 1.26. The minimum absolute atomic E-state index is 0.0156. The minimum Gasteiger partial charge on any atom is -0.497 e. The summed E-state index contributed by atoms with van der Waals surface area (Å²) < 4.78 is 15.8. The van der Waals surface area contributed by atoms with E-state index < -0.39 is 6.04 Å². The van der Waals surface area contributed by atoms with Crippen LogP contribution in [0.1, 0.15) is 24.2 Å². The van der Waals surface area contributed by atoms with E-state index >= 15 is 0 Å². The van der Waals surface area contributed by atoms with E-state index in [2.05, 4.69) is 20.6 Å². The van der Waals surface area contributed by atoms with Crippen LogP contribution in [0.4, 0.5) is 11.4 Å². The topological polar surface area (TPSA) is 135 Å². The highest BCUT2D eigenvalue weighted by Crippen LogP contribution is 2.34. The fourth-order valence-corrected chi connectivity index (χ4v) is 5.07. The molecule has 0 radical (unpaired) electrons. The van der Waals surface area contributed by atoms with Gasteiger partial charge in [-0.2, -0.15) is 0 Å². The third-order valence-electron chi connectivity index (χ3n) is 6.25. The molecule has 0 bridgehead atoms. The van der Waals surface area contributed by atoms with E-state index in [1.54, 1.807) is 36.6 Å². The number of methoxy groups -OCH3 is 2. The average Bonchev–Trinajstić information content (AvgIpc) is 3.61. The van der Waals surface area contributed by atoms with Crippen LogP contribution < -0.4 is 20.1 Å². The second-order valence-electron chi connectivity index (χ2n) is 8.85. The molecule has 0 aliphatic carbocycles. The standard InChI is InChI=1S/C28H27N5O6S/c1-37-17-9-11-23(38-2)22(14-17)30-25(35)16-40-28-32-20-8-4-3-7-19(20)26-31-21(27(36)33(26)28)10-12-24(34)29-15-18-6-5-13-39-18/h3-9,11,13-14,21H,10,12,15-16H2,1-2H3,(H,29,34)(H,30,35)/t21-/m0/s1. The fraction of sp³-hybridized carbons (Fsp3) is 0.250. The summed E-state index contributed by atoms with van der Waals surface area (Å²) in [6, 6.07) is 15.3. The molecular weight excluding hydrogens is 534 g/mol. The molecule has 1 atom stereocenters. The summed E-state index contributed by atoms with van der Waals surface area (Å²) in [7, 11) is 3.05. The van der Waals surface area contributed by atoms with Gasteiger partial charge in [0.1, 0.15) is 29.1 Å². The van der Waals surface area contributed by atoms with E-state index in [1.165, 1.54) is 19.1 Å². The Bertz CT molecular complexity index is 1490. The first kappa shape index (κ1) is 27.0. The largest absolute Gasteiger partial charge is 0.497 e. The van der Waals surface area contributed by atoms with E-state index in [9.17, 15) is 14.4 Å². The van der Waals surface area contributed by atoms with Crippen molar-refractivity contribution < 1.29 is 28.3 Å². The lowest BCUT2D eigenvalue weighted by Gasteiger charge is -2.25. The molecule has 3 amide bonds. The molecule has 11 nitrogen and oxygen atoms in total. The van der Waals surface area contributed by atoms with Gasteiger partial charge >= 0.3 is 0 Å². The van der Waals surface area contributed by atoms with Crippen LogP contribution in [-0.2, 0) is 20.9 Å². The van der Waals surface area contributed by atoms with Gasteiger partial charge in [-0.05, 0) is 42.8 Å². The molecule has 2 N–H and O–H groups in total. The molecule has 0 unspecified atom stereocenters. The molecule has 3 heterocycles. The molecule has 12 heteroatoms. The smallest absolute Gasteiger partial charge is 0.259 e. The number of rotatable bonds is 10. The van der Waals surface area contributed by atoms with Crippen LogP contribution in [0.2, 0.25) is 0 Å². The molecule has 2 aromatic carbocycles. The number of carbonyl (C=O) groups excluding carboxylic acids is 3. The Morgan fingerprint density at radius 1 is 1.07 bits per heavy atom. The quantitative estimate of drug-likeness (QED) is 0.385. The normalized spacial score (nSPS) is 15.5. The molecule has 2 aliphatic rings. The summed E-state index contributed by atoms with van der Waals surface area (Å²) in [4.78, 5) is 49.5. The molecular formula is C28H27N5O6S. The predicted molar refractivity (Wildman–Crippen MR) is 151 cm³/mol. The number of amides is 3. The van der Waals surface area contributed by atoms with Crippen LogP contribution in [0.25, 0.3) is 0 Å². The van der Waals surface area contributed by atoms with E-state index in [0.29, 0.717) is 39.6 Å². The Kier molecular flexibility index (Phi) is 8.15. The lowest BCUT2D eigenvalue weighted by atomic mass is 10.1. The van der Waals surface area contributed by atoms with E-state index in [1.807, 2.05) is 24.3 Å². The van der Waals surface area contributed by atoms with Crippen molar-refractivity contribution in [1.29, 1.82) is 0 Å². The molecule has 0 saturated heterocycles. The number of hydrogen-bond donors (Lipinski definition) is 2. The third-order valence-corrected chi connectivity index (χ3v) is 7.18. The Morgan fingerprint density at radius 3 is 2.70 bits per heavy atom. The summed E-state index contributed by atoms with van der Waals surface area (Å²) in [5, 5.41) is 5.96. The number of carbonyl (C=O) groups is 3. The minimum atomic E-state index is -0.740. The maximum atomic E-state index is 13.4. The maximum absolute atomic E-state index is 13.4. The average molecular weight is 562 g/mol. The fourth-order valence-electron chi connectivity index (χ4n) is 4.27. The van der Waals surface area contributed by atoms with Gasteiger partial charge in [0.15, 0.2) is 5.17 Å². The van der Waals surface area contributed by atoms with Gasteiger partial charge in [0.2, 0.25) is 11.8 Å². The highest BCUT2D eigenvalue weighted by atomic mass is 32.2. The number of fused-ring (bicyclic) bond motifs is 3. The van der Waals surface area contributed by atoms with Gasteiger partial charge in [-0.1, -0.05) is 23.9 Å². The molecule has 0 spiro atoms. The molecule has 0 saturated carbocycles. The molecule has 5 rings (SSSR count). The van der Waals surface area contributed by atoms with Gasteiger partial charge in [-0.25, -0.2) is 9.89 Å². The highest BCUT2D eigenvalue weighted by Gasteiger charge is 2.41. The van der Waals surface area contributed by atoms with Crippen molar-refractivity contribution in [2.24, 2.45) is 9.98 Å². The summed E-state index contributed by atoms with van der Waals surface area (Å²) in [5.41, 5.74) is 1.84. The zero-order chi connectivity index (χ0) is 28.1. The third kappa shape index (κ3) is 5.86. The summed E-state index contributed by atoms with van der Waals surface area (Å²) in [6.07, 6.45) is 1.89. The van der Waals surface area contributed by atoms with Crippen LogP contribution in [0.5, 0.6) is 11.5 Å². The Labute approximate surface area is 234 Å². The van der Waals surface area contributed by atoms with Crippen molar-refractivity contribution in [3.8, 4) is 11.5 Å². The lowest BCUT2D eigenvalue weighted by Crippen LogP contribution is -2.41. The van der Waals surface area contributed by atoms with Crippen molar-refractivity contribution in [3.05, 3.63) is 72.2 Å². The number of para-hydroxylation sites is 1. The number of thioether (sulfide) groups is 1. The first-order valence-electron chi connectivity index (χ1n) is 12.5. The lowest BCUT2D eigenvalue weighted by molar-refractivity contribution is -0.125. The van der Waals surface area contributed by atoms with Gasteiger partial charge < -0.3 is 24.5 Å². The van der Waals surface area contributed by atoms with Crippen LogP contribution in [0, 0.1) is 0 Å². The number of benzene rings is 2. The Hall–Kier alpha value is -4.58. The first-order valence-corrected chi connectivity index (χ1v) is 13.5. The summed E-state index contributed by atoms with van der Waals surface area (Å²) in [5.74, 6) is 1.35.